The summed E-state index contributed by atoms with van der Waals surface area (Å²) in [5.41, 5.74) is 31.2. The van der Waals surface area contributed by atoms with Crippen LogP contribution in [0.15, 0.2) is 480 Å². The van der Waals surface area contributed by atoms with Crippen molar-refractivity contribution in [3.63, 3.8) is 0 Å². The molecule has 0 aliphatic rings. The van der Waals surface area contributed by atoms with Gasteiger partial charge in [0.15, 0.2) is 17.5 Å². The number of aryl methyl sites for hydroxylation is 1. The lowest BCUT2D eigenvalue weighted by Gasteiger charge is -2.11. The van der Waals surface area contributed by atoms with Gasteiger partial charge >= 0.3 is 0 Å². The van der Waals surface area contributed by atoms with E-state index in [1.165, 1.54) is 88.3 Å². The Morgan fingerprint density at radius 3 is 0.921 bits per heavy atom. The van der Waals surface area contributed by atoms with Crippen LogP contribution in [0.25, 0.3) is 252 Å². The second kappa shape index (κ2) is 37.3. The summed E-state index contributed by atoms with van der Waals surface area (Å²) in [7, 11) is 2.08. The van der Waals surface area contributed by atoms with E-state index in [0.29, 0.717) is 17.5 Å². The molecule has 9 aromatic heterocycles. The third-order valence-electron chi connectivity index (χ3n) is 25.6. The molecule has 0 aliphatic heterocycles. The number of hydrogen-bond donors (Lipinski definition) is 0. The highest BCUT2D eigenvalue weighted by molar-refractivity contribution is 7.26. The molecule has 0 saturated heterocycles. The third kappa shape index (κ3) is 17.4. The van der Waals surface area contributed by atoms with Crippen molar-refractivity contribution in [2.75, 3.05) is 0 Å². The fourth-order valence-electron chi connectivity index (χ4n) is 18.4. The van der Waals surface area contributed by atoms with Gasteiger partial charge in [0.25, 0.3) is 0 Å². The molecule has 0 atom stereocenters. The molecule has 0 aliphatic carbocycles. The van der Waals surface area contributed by atoms with Gasteiger partial charge in [0.2, 0.25) is 0 Å². The SMILES string of the molecule is Cn1c(-c2ccccc2)nc2ccc(-c3ccc(-c4nc(-c5ccccc5)cc(-c5ccc(-c6ccc7sc8ccccc8c7c6)cc5)n4)cc3)cc21.c1ccc(-c2cc(-c3ccc(-c4cncc(-c5ccc6sc7ccccc7c6c5)c4)cc3)nc(-c3ccccc3)n2)cc1.c1ccc(-c2cccc(-c3cc(-c4ccccn4)nc(-c4ccc(-c5ccc6sc7ccccc7c6c5)cc4)n3)c2)cc1. The molecule has 139 heavy (non-hydrogen) atoms. The van der Waals surface area contributed by atoms with Crippen LogP contribution >= 0.6 is 34.0 Å². The third-order valence-corrected chi connectivity index (χ3v) is 29.1. The van der Waals surface area contributed by atoms with Crippen molar-refractivity contribution in [1.29, 1.82) is 0 Å². The number of hydrogen-bond acceptors (Lipinski definition) is 12. The summed E-state index contributed by atoms with van der Waals surface area (Å²) in [6, 6.07) is 161. The summed E-state index contributed by atoms with van der Waals surface area (Å²) in [6.07, 6.45) is 5.68. The predicted octanol–water partition coefficient (Wildman–Crippen LogP) is 33.9. The molecule has 0 saturated carbocycles. The lowest BCUT2D eigenvalue weighted by Crippen LogP contribution is -1.97. The molecule has 26 rings (SSSR count). The lowest BCUT2D eigenvalue weighted by atomic mass is 9.99. The van der Waals surface area contributed by atoms with Gasteiger partial charge < -0.3 is 4.57 Å². The molecule has 0 N–H and O–H groups in total. The molecule has 9 heterocycles. The van der Waals surface area contributed by atoms with E-state index in [1.807, 2.05) is 137 Å². The number of rotatable bonds is 16. The molecule has 654 valence electrons. The van der Waals surface area contributed by atoms with Crippen molar-refractivity contribution < 1.29 is 0 Å². The number of pyridine rings is 2. The largest absolute Gasteiger partial charge is 0.327 e. The minimum atomic E-state index is 0.675. The van der Waals surface area contributed by atoms with Crippen molar-refractivity contribution in [2.45, 2.75) is 0 Å². The highest BCUT2D eigenvalue weighted by Gasteiger charge is 2.21. The second-order valence-electron chi connectivity index (χ2n) is 34.4. The Morgan fingerprint density at radius 2 is 0.468 bits per heavy atom. The quantitative estimate of drug-likeness (QED) is 0.0931. The van der Waals surface area contributed by atoms with Crippen LogP contribution in [0.3, 0.4) is 0 Å². The number of benzene rings is 17. The van der Waals surface area contributed by atoms with Crippen molar-refractivity contribution >= 4 is 106 Å². The van der Waals surface area contributed by atoms with Crippen molar-refractivity contribution in [1.82, 2.24) is 49.4 Å². The van der Waals surface area contributed by atoms with Gasteiger partial charge in [0.05, 0.1) is 50.9 Å². The van der Waals surface area contributed by atoms with Crippen LogP contribution in [0.5, 0.6) is 0 Å². The highest BCUT2D eigenvalue weighted by atomic mass is 32.1. The Balaban J connectivity index is 0.000000114. The average molecular weight is 1830 g/mol. The molecule has 0 bridgehead atoms. The average Bonchev–Trinajstić information content (AvgIpc) is 1.63. The highest BCUT2D eigenvalue weighted by Crippen LogP contribution is 2.44. The van der Waals surface area contributed by atoms with Crippen LogP contribution in [-0.4, -0.2) is 49.4 Å². The van der Waals surface area contributed by atoms with E-state index in [9.17, 15) is 0 Å². The normalized spacial score (nSPS) is 11.3. The maximum Gasteiger partial charge on any atom is 0.160 e. The van der Waals surface area contributed by atoms with Gasteiger partial charge in [0, 0.05) is 147 Å². The maximum absolute atomic E-state index is 5.14. The molecule has 0 radical (unpaired) electrons. The summed E-state index contributed by atoms with van der Waals surface area (Å²) in [4.78, 5) is 44.3. The van der Waals surface area contributed by atoms with Gasteiger partial charge in [-0.15, -0.1) is 34.0 Å². The van der Waals surface area contributed by atoms with Gasteiger partial charge in [-0.05, 0) is 165 Å². The Hall–Kier alpha value is -17.6. The number of imidazole rings is 1. The Labute approximate surface area is 815 Å². The molecular formula is C126H82N10S3. The number of thiophene rings is 3. The molecule has 0 spiro atoms. The summed E-state index contributed by atoms with van der Waals surface area (Å²) >= 11 is 5.53. The number of fused-ring (bicyclic) bond motifs is 10. The van der Waals surface area contributed by atoms with Crippen molar-refractivity contribution in [3.8, 4) is 180 Å². The summed E-state index contributed by atoms with van der Waals surface area (Å²) < 4.78 is 10.1. The van der Waals surface area contributed by atoms with Gasteiger partial charge in [-0.2, -0.15) is 0 Å². The smallest absolute Gasteiger partial charge is 0.160 e. The topological polar surface area (TPSA) is 121 Å². The zero-order valence-corrected chi connectivity index (χ0v) is 77.8. The van der Waals surface area contributed by atoms with E-state index in [1.54, 1.807) is 6.20 Å². The van der Waals surface area contributed by atoms with Crippen LogP contribution in [0.1, 0.15) is 0 Å². The molecule has 0 amide bonds. The maximum atomic E-state index is 5.14. The van der Waals surface area contributed by atoms with E-state index in [-0.39, 0.29) is 0 Å². The summed E-state index contributed by atoms with van der Waals surface area (Å²) in [5.74, 6) is 3.05. The van der Waals surface area contributed by atoms with Crippen LogP contribution < -0.4 is 0 Å². The predicted molar refractivity (Wildman–Crippen MR) is 582 cm³/mol. The lowest BCUT2D eigenvalue weighted by molar-refractivity contribution is 0.959. The summed E-state index contributed by atoms with van der Waals surface area (Å²) in [5, 5.41) is 7.83. The molecule has 26 aromatic rings. The molecule has 0 unspecified atom stereocenters. The first-order valence-electron chi connectivity index (χ1n) is 46.3. The molecule has 17 aromatic carbocycles. The molecule has 0 fully saturated rings. The van der Waals surface area contributed by atoms with Gasteiger partial charge in [-0.3, -0.25) is 9.97 Å². The standard InChI is InChI=1S/C48H32N4S.2C39H25N3S/c1-52-44-29-38(24-26-41(44)51-48(52)36-12-6-3-7-13-36)32-18-22-35(23-19-32)47-49-42(33-10-4-2-5-11-33)30-43(50-47)34-20-16-31(17-21-34)37-25-27-46-40(28-37)39-14-8-9-15-45(39)53-46;1-3-9-27(10-4-1)35-23-36(42-39(41-35)29-11-5-2-6-12-29)28-17-15-26(16-18-28)31-21-32(25-40-24-31)30-19-20-38-34(22-30)33-13-7-8-14-37(33)43-38;1-2-9-26(10-3-1)29-11-8-12-31(23-29)35-25-36(34-14-6-7-22-40-34)42-39(41-35)28-18-16-27(17-19-28)30-20-21-38-33(24-30)32-13-4-5-15-37(32)43-38/h2-30H,1H3;2*1-25H. The summed E-state index contributed by atoms with van der Waals surface area (Å²) in [6.45, 7) is 0. The number of nitrogens with zero attached hydrogens (tertiary/aromatic N) is 10. The second-order valence-corrected chi connectivity index (χ2v) is 37.7. The first-order chi connectivity index (χ1) is 68.7. The molecule has 10 nitrogen and oxygen atoms in total. The van der Waals surface area contributed by atoms with Crippen molar-refractivity contribution in [2.24, 2.45) is 7.05 Å². The minimum Gasteiger partial charge on any atom is -0.327 e. The zero-order chi connectivity index (χ0) is 92.5. The molecule has 13 heteroatoms. The van der Waals surface area contributed by atoms with E-state index in [0.717, 1.165) is 146 Å². The fourth-order valence-corrected chi connectivity index (χ4v) is 21.6. The van der Waals surface area contributed by atoms with Crippen LogP contribution in [0, 0.1) is 0 Å². The van der Waals surface area contributed by atoms with Crippen LogP contribution in [0.4, 0.5) is 0 Å². The first kappa shape index (κ1) is 84.4. The molecular weight excluding hydrogens is 1750 g/mol. The van der Waals surface area contributed by atoms with E-state index >= 15 is 0 Å². The monoisotopic (exact) mass is 1830 g/mol. The minimum absolute atomic E-state index is 0.675. The van der Waals surface area contributed by atoms with E-state index < -0.39 is 0 Å². The van der Waals surface area contributed by atoms with E-state index in [4.69, 9.17) is 34.9 Å². The fraction of sp³-hybridized carbons (Fsp3) is 0.00794. The Morgan fingerprint density at radius 1 is 0.180 bits per heavy atom. The van der Waals surface area contributed by atoms with Crippen molar-refractivity contribution in [3.05, 3.63) is 480 Å². The van der Waals surface area contributed by atoms with Crippen LogP contribution in [0.2, 0.25) is 0 Å². The Bertz CT molecular complexity index is 8970. The first-order valence-corrected chi connectivity index (χ1v) is 48.7. The zero-order valence-electron chi connectivity index (χ0n) is 75.3. The van der Waals surface area contributed by atoms with E-state index in [2.05, 4.69) is 392 Å². The van der Waals surface area contributed by atoms with Gasteiger partial charge in [0.1, 0.15) is 5.82 Å². The van der Waals surface area contributed by atoms with Gasteiger partial charge in [-0.1, -0.05) is 352 Å². The number of aromatic nitrogens is 10. The van der Waals surface area contributed by atoms with Crippen LogP contribution in [-0.2, 0) is 7.05 Å². The Kier molecular flexibility index (Phi) is 22.7. The van der Waals surface area contributed by atoms with Gasteiger partial charge in [-0.25, -0.2) is 34.9 Å².